The monoisotopic (exact) mass is 545 g/mol. The molecule has 1 amide bonds. The largest absolute Gasteiger partial charge is 0.492 e. The van der Waals surface area contributed by atoms with E-state index >= 15 is 0 Å². The molecule has 1 aliphatic carbocycles. The highest BCUT2D eigenvalue weighted by atomic mass is 35.5. The lowest BCUT2D eigenvalue weighted by Crippen LogP contribution is -2.37. The van der Waals surface area contributed by atoms with Crippen molar-refractivity contribution in [3.63, 3.8) is 0 Å². The number of nitrogens with zero attached hydrogens (tertiary/aromatic N) is 1. The number of hydrogen-bond donors (Lipinski definition) is 1. The third kappa shape index (κ3) is 10.5. The molecule has 7 nitrogen and oxygen atoms in total. The molecule has 1 aliphatic rings. The number of benzene rings is 2. The van der Waals surface area contributed by atoms with Crippen molar-refractivity contribution in [2.45, 2.75) is 70.8 Å². The maximum Gasteiger partial charge on any atom is 0.415 e. The lowest BCUT2D eigenvalue weighted by atomic mass is 9.86. The van der Waals surface area contributed by atoms with Crippen LogP contribution in [0.5, 0.6) is 11.5 Å². The summed E-state index contributed by atoms with van der Waals surface area (Å²) in [5, 5.41) is 9.87. The van der Waals surface area contributed by atoms with Gasteiger partial charge < -0.3 is 24.2 Å². The number of halogens is 1. The van der Waals surface area contributed by atoms with Gasteiger partial charge in [0.2, 0.25) is 0 Å². The standard InChI is InChI=1S/C30H40ClNO6/c1-2-36-28(29(33)34)22-24-11-15-26(16-12-24)37-21-20-32(19-7-6-10-23-8-4-3-5-9-23)30(35)38-27-17-13-25(31)14-18-27/h11-18,23,28H,2-10,19-22H2,1H3,(H,33,34). The fourth-order valence-electron chi connectivity index (χ4n) is 4.80. The van der Waals surface area contributed by atoms with Crippen molar-refractivity contribution < 1.29 is 28.9 Å². The Labute approximate surface area is 231 Å². The van der Waals surface area contributed by atoms with Crippen molar-refractivity contribution >= 4 is 23.7 Å². The van der Waals surface area contributed by atoms with Gasteiger partial charge in [-0.3, -0.25) is 0 Å². The normalized spacial score (nSPS) is 14.6. The first-order valence-electron chi connectivity index (χ1n) is 13.7. The van der Waals surface area contributed by atoms with Crippen molar-refractivity contribution in [1.29, 1.82) is 0 Å². The topological polar surface area (TPSA) is 85.3 Å². The zero-order valence-electron chi connectivity index (χ0n) is 22.3. The maximum atomic E-state index is 12.9. The number of rotatable bonds is 15. The minimum atomic E-state index is -0.975. The van der Waals surface area contributed by atoms with E-state index in [1.54, 1.807) is 48.2 Å². The predicted octanol–water partition coefficient (Wildman–Crippen LogP) is 7.00. The molecule has 0 radical (unpaired) electrons. The molecule has 2 aromatic rings. The van der Waals surface area contributed by atoms with Crippen LogP contribution in [0.2, 0.25) is 5.02 Å². The number of carboxylic acids is 1. The van der Waals surface area contributed by atoms with Crippen LogP contribution in [0.25, 0.3) is 0 Å². The number of hydrogen-bond acceptors (Lipinski definition) is 5. The van der Waals surface area contributed by atoms with Gasteiger partial charge in [0.15, 0.2) is 6.10 Å². The van der Waals surface area contributed by atoms with E-state index in [-0.39, 0.29) is 6.42 Å². The maximum absolute atomic E-state index is 12.9. The number of carbonyl (C=O) groups excluding carboxylic acids is 1. The van der Waals surface area contributed by atoms with E-state index in [0.29, 0.717) is 42.8 Å². The number of carbonyl (C=O) groups is 2. The van der Waals surface area contributed by atoms with Crippen LogP contribution in [0.3, 0.4) is 0 Å². The molecule has 208 valence electrons. The summed E-state index contributed by atoms with van der Waals surface area (Å²) in [4.78, 5) is 26.0. The van der Waals surface area contributed by atoms with Gasteiger partial charge in [0.05, 0.1) is 6.54 Å². The van der Waals surface area contributed by atoms with E-state index in [2.05, 4.69) is 0 Å². The SMILES string of the molecule is CCOC(Cc1ccc(OCCN(CCCCC2CCCCC2)C(=O)Oc2ccc(Cl)cc2)cc1)C(=O)O. The third-order valence-electron chi connectivity index (χ3n) is 6.91. The molecule has 0 saturated heterocycles. The third-order valence-corrected chi connectivity index (χ3v) is 7.16. The van der Waals surface area contributed by atoms with Crippen LogP contribution in [0.4, 0.5) is 4.79 Å². The van der Waals surface area contributed by atoms with Gasteiger partial charge in [-0.1, -0.05) is 68.7 Å². The Balaban J connectivity index is 1.50. The Morgan fingerprint density at radius 1 is 0.974 bits per heavy atom. The van der Waals surface area contributed by atoms with Crippen LogP contribution >= 0.6 is 11.6 Å². The molecule has 0 heterocycles. The van der Waals surface area contributed by atoms with E-state index in [1.807, 2.05) is 12.1 Å². The van der Waals surface area contributed by atoms with Gasteiger partial charge in [-0.25, -0.2) is 9.59 Å². The smallest absolute Gasteiger partial charge is 0.415 e. The first-order chi connectivity index (χ1) is 18.4. The lowest BCUT2D eigenvalue weighted by Gasteiger charge is -2.24. The quantitative estimate of drug-likeness (QED) is 0.242. The Kier molecular flexibility index (Phi) is 12.7. The lowest BCUT2D eigenvalue weighted by molar-refractivity contribution is -0.149. The molecule has 1 saturated carbocycles. The first kappa shape index (κ1) is 29.8. The second-order valence-corrected chi connectivity index (χ2v) is 10.2. The summed E-state index contributed by atoms with van der Waals surface area (Å²) in [6.07, 6.45) is 8.95. The van der Waals surface area contributed by atoms with Crippen LogP contribution < -0.4 is 9.47 Å². The van der Waals surface area contributed by atoms with Crippen LogP contribution in [0.1, 0.15) is 63.9 Å². The molecule has 1 fully saturated rings. The van der Waals surface area contributed by atoms with Crippen molar-refractivity contribution in [2.75, 3.05) is 26.3 Å². The minimum absolute atomic E-state index is 0.286. The van der Waals surface area contributed by atoms with E-state index in [9.17, 15) is 14.7 Å². The fourth-order valence-corrected chi connectivity index (χ4v) is 4.93. The van der Waals surface area contributed by atoms with E-state index in [0.717, 1.165) is 24.3 Å². The molecule has 2 aromatic carbocycles. The Bertz CT molecular complexity index is 975. The highest BCUT2D eigenvalue weighted by Gasteiger charge is 2.19. The fraction of sp³-hybridized carbons (Fsp3) is 0.533. The minimum Gasteiger partial charge on any atom is -0.492 e. The summed E-state index contributed by atoms with van der Waals surface area (Å²) in [6, 6.07) is 14.0. The van der Waals surface area contributed by atoms with Gasteiger partial charge in [-0.2, -0.15) is 0 Å². The van der Waals surface area contributed by atoms with E-state index in [4.69, 9.17) is 25.8 Å². The highest BCUT2D eigenvalue weighted by molar-refractivity contribution is 6.30. The second-order valence-electron chi connectivity index (χ2n) is 9.79. The summed E-state index contributed by atoms with van der Waals surface area (Å²) < 4.78 is 16.8. The van der Waals surface area contributed by atoms with E-state index in [1.165, 1.54) is 38.5 Å². The molecule has 8 heteroatoms. The van der Waals surface area contributed by atoms with Gasteiger partial charge in [0.1, 0.15) is 18.1 Å². The summed E-state index contributed by atoms with van der Waals surface area (Å²) >= 11 is 5.95. The average molecular weight is 546 g/mol. The zero-order chi connectivity index (χ0) is 27.2. The number of ether oxygens (including phenoxy) is 3. The van der Waals surface area contributed by atoms with Crippen molar-refractivity contribution in [3.05, 3.63) is 59.1 Å². The highest BCUT2D eigenvalue weighted by Crippen LogP contribution is 2.27. The number of unbranched alkanes of at least 4 members (excludes halogenated alkanes) is 1. The van der Waals surface area contributed by atoms with Crippen LogP contribution in [0, 0.1) is 5.92 Å². The molecule has 3 rings (SSSR count). The Hall–Kier alpha value is -2.77. The van der Waals surface area contributed by atoms with Crippen molar-refractivity contribution in [3.8, 4) is 11.5 Å². The van der Waals surface area contributed by atoms with E-state index < -0.39 is 18.2 Å². The van der Waals surface area contributed by atoms with Gasteiger partial charge in [0, 0.05) is 24.6 Å². The van der Waals surface area contributed by atoms with Crippen LogP contribution in [0.15, 0.2) is 48.5 Å². The van der Waals surface area contributed by atoms with Gasteiger partial charge >= 0.3 is 12.1 Å². The molecule has 1 unspecified atom stereocenters. The van der Waals surface area contributed by atoms with Gasteiger partial charge in [0.25, 0.3) is 0 Å². The molecule has 1 N–H and O–H groups in total. The van der Waals surface area contributed by atoms with Gasteiger partial charge in [-0.15, -0.1) is 0 Å². The Morgan fingerprint density at radius 3 is 2.32 bits per heavy atom. The molecular formula is C30H40ClNO6. The van der Waals surface area contributed by atoms with Gasteiger partial charge in [-0.05, 0) is 61.2 Å². The summed E-state index contributed by atoms with van der Waals surface area (Å²) in [5.41, 5.74) is 0.851. The number of aliphatic carboxylic acids is 1. The van der Waals surface area contributed by atoms with Crippen molar-refractivity contribution in [2.24, 2.45) is 5.92 Å². The predicted molar refractivity (Wildman–Crippen MR) is 148 cm³/mol. The molecule has 0 aliphatic heterocycles. The first-order valence-corrected chi connectivity index (χ1v) is 14.1. The summed E-state index contributed by atoms with van der Waals surface area (Å²) in [6.45, 7) is 3.43. The van der Waals surface area contributed by atoms with Crippen LogP contribution in [-0.2, 0) is 16.0 Å². The molecule has 0 aromatic heterocycles. The second kappa shape index (κ2) is 16.2. The van der Waals surface area contributed by atoms with Crippen molar-refractivity contribution in [1.82, 2.24) is 4.90 Å². The number of amides is 1. The van der Waals surface area contributed by atoms with Crippen LogP contribution in [-0.4, -0.2) is 54.5 Å². The Morgan fingerprint density at radius 2 is 1.66 bits per heavy atom. The average Bonchev–Trinajstić information content (AvgIpc) is 2.92. The summed E-state index contributed by atoms with van der Waals surface area (Å²) in [7, 11) is 0. The number of carboxylic acid groups (broad SMARTS) is 1. The molecular weight excluding hydrogens is 506 g/mol. The zero-order valence-corrected chi connectivity index (χ0v) is 23.0. The molecule has 38 heavy (non-hydrogen) atoms. The molecule has 1 atom stereocenters. The molecule has 0 bridgehead atoms. The molecule has 0 spiro atoms. The summed E-state index contributed by atoms with van der Waals surface area (Å²) in [5.74, 6) is 0.954.